The van der Waals surface area contributed by atoms with Gasteiger partial charge in [-0.05, 0) is 75.3 Å². The van der Waals surface area contributed by atoms with Gasteiger partial charge in [0.1, 0.15) is 5.69 Å². The number of carbonyl (C=O) groups is 1. The molecule has 9 nitrogen and oxygen atoms in total. The Morgan fingerprint density at radius 2 is 1.83 bits per heavy atom. The van der Waals surface area contributed by atoms with Crippen LogP contribution in [0.25, 0.3) is 22.0 Å². The Morgan fingerprint density at radius 3 is 2.50 bits per heavy atom. The molecule has 14 heteroatoms. The van der Waals surface area contributed by atoms with E-state index in [4.69, 9.17) is 16.3 Å². The normalized spacial score (nSPS) is 15.8. The number of hydrogen-bond donors (Lipinski definition) is 1. The number of alkyl halides is 3. The lowest BCUT2D eigenvalue weighted by Crippen LogP contribution is -2.43. The minimum Gasteiger partial charge on any atom is -0.476 e. The number of nitrogens with one attached hydrogen (secondary N) is 1. The Balaban J connectivity index is 1.42. The zero-order valence-corrected chi connectivity index (χ0v) is 26.9. The van der Waals surface area contributed by atoms with Gasteiger partial charge in [-0.1, -0.05) is 24.1 Å². The quantitative estimate of drug-likeness (QED) is 0.202. The summed E-state index contributed by atoms with van der Waals surface area (Å²) in [6, 6.07) is 9.21. The fraction of sp³-hybridized carbons (Fsp3) is 0.344. The van der Waals surface area contributed by atoms with Gasteiger partial charge in [0.25, 0.3) is 10.0 Å². The molecule has 1 amide bonds. The molecule has 3 heterocycles. The first kappa shape index (κ1) is 32.0. The Labute approximate surface area is 269 Å². The van der Waals surface area contributed by atoms with Crippen molar-refractivity contribution in [1.82, 2.24) is 14.9 Å². The molecule has 1 N–H and O–H groups in total. The van der Waals surface area contributed by atoms with Crippen molar-refractivity contribution in [2.75, 3.05) is 43.9 Å². The number of amides is 1. The monoisotopic (exact) mass is 673 g/mol. The van der Waals surface area contributed by atoms with Crippen LogP contribution in [0.2, 0.25) is 5.02 Å². The van der Waals surface area contributed by atoms with E-state index in [1.54, 1.807) is 18.1 Å². The topological polar surface area (TPSA) is 105 Å². The minimum atomic E-state index is -4.81. The molecular formula is C32H31ClF3N5O4S. The summed E-state index contributed by atoms with van der Waals surface area (Å²) in [4.78, 5) is 25.2. The van der Waals surface area contributed by atoms with Crippen molar-refractivity contribution in [3.05, 3.63) is 71.0 Å². The van der Waals surface area contributed by atoms with Gasteiger partial charge in [-0.3, -0.25) is 14.5 Å². The summed E-state index contributed by atoms with van der Waals surface area (Å²) in [5.74, 6) is 0.0189. The first-order chi connectivity index (χ1) is 21.7. The second-order valence-electron chi connectivity index (χ2n) is 11.9. The third kappa shape index (κ3) is 5.75. The van der Waals surface area contributed by atoms with Crippen molar-refractivity contribution >= 4 is 49.8 Å². The molecular weight excluding hydrogens is 643 g/mol. The van der Waals surface area contributed by atoms with Crippen LogP contribution < -0.4 is 14.4 Å². The number of carbonyl (C=O) groups excluding carboxylic acids is 1. The van der Waals surface area contributed by atoms with Gasteiger partial charge >= 0.3 is 6.18 Å². The molecule has 0 unspecified atom stereocenters. The van der Waals surface area contributed by atoms with Gasteiger partial charge in [-0.2, -0.15) is 13.2 Å². The first-order valence-corrected chi connectivity index (χ1v) is 16.5. The zero-order chi connectivity index (χ0) is 33.0. The SMILES string of the molecule is CN(C)CCCOc1ncc(-c2ccc3ncc4c(c3c2)C2(CCC2)C(=O)N4C)cc1NS(=O)(=O)c1cc(Cl)cc(C(F)(F)F)c1. The summed E-state index contributed by atoms with van der Waals surface area (Å²) in [6.45, 7) is 0.919. The van der Waals surface area contributed by atoms with Crippen LogP contribution in [-0.4, -0.2) is 63.5 Å². The van der Waals surface area contributed by atoms with Gasteiger partial charge < -0.3 is 14.5 Å². The van der Waals surface area contributed by atoms with Gasteiger partial charge in [-0.15, -0.1) is 0 Å². The van der Waals surface area contributed by atoms with Crippen molar-refractivity contribution in [3.63, 3.8) is 0 Å². The number of sulfonamides is 1. The lowest BCUT2D eigenvalue weighted by Gasteiger charge is -2.37. The van der Waals surface area contributed by atoms with Crippen molar-refractivity contribution in [3.8, 4) is 17.0 Å². The molecule has 242 valence electrons. The molecule has 1 saturated carbocycles. The van der Waals surface area contributed by atoms with Crippen LogP contribution in [0.3, 0.4) is 0 Å². The fourth-order valence-electron chi connectivity index (χ4n) is 6.08. The summed E-state index contributed by atoms with van der Waals surface area (Å²) in [5.41, 5.74) is 1.77. The molecule has 2 aromatic heterocycles. The predicted molar refractivity (Wildman–Crippen MR) is 170 cm³/mol. The summed E-state index contributed by atoms with van der Waals surface area (Å²) >= 11 is 5.89. The van der Waals surface area contributed by atoms with Crippen molar-refractivity contribution in [1.29, 1.82) is 0 Å². The standard InChI is InChI=1S/C32H31ClF3N5O4S/c1-40(2)10-5-11-45-29-26(39-46(43,44)23-15-21(32(34,35)36)14-22(33)16-23)13-20(17-38-29)19-6-7-25-24(12-19)28-27(18-37-25)41(3)30(42)31(28)8-4-9-31/h6-7,12-18,39H,4-5,8-11H2,1-3H3. The predicted octanol–water partition coefficient (Wildman–Crippen LogP) is 6.50. The Hall–Kier alpha value is -3.94. The molecule has 6 rings (SSSR count). The van der Waals surface area contributed by atoms with Crippen LogP contribution in [0.5, 0.6) is 5.88 Å². The van der Waals surface area contributed by atoms with E-state index in [-0.39, 0.29) is 29.1 Å². The van der Waals surface area contributed by atoms with E-state index < -0.39 is 32.1 Å². The van der Waals surface area contributed by atoms with Crippen LogP contribution >= 0.6 is 11.6 Å². The number of anilines is 2. The van der Waals surface area contributed by atoms with Crippen molar-refractivity contribution in [2.45, 2.75) is 42.2 Å². The van der Waals surface area contributed by atoms with Crippen molar-refractivity contribution in [2.24, 2.45) is 0 Å². The highest BCUT2D eigenvalue weighted by molar-refractivity contribution is 7.92. The highest BCUT2D eigenvalue weighted by Crippen LogP contribution is 2.55. The lowest BCUT2D eigenvalue weighted by molar-refractivity contribution is -0.137. The zero-order valence-electron chi connectivity index (χ0n) is 25.3. The maximum atomic E-state index is 13.5. The summed E-state index contributed by atoms with van der Waals surface area (Å²) in [5, 5.41) is 0.435. The van der Waals surface area contributed by atoms with Crippen LogP contribution in [-0.2, 0) is 26.4 Å². The van der Waals surface area contributed by atoms with Crippen LogP contribution in [0.4, 0.5) is 24.5 Å². The molecule has 4 aromatic rings. The molecule has 1 fully saturated rings. The van der Waals surface area contributed by atoms with Gasteiger partial charge in [0.15, 0.2) is 0 Å². The average molecular weight is 674 g/mol. The van der Waals surface area contributed by atoms with Gasteiger partial charge in [0.2, 0.25) is 11.8 Å². The largest absolute Gasteiger partial charge is 0.476 e. The first-order valence-electron chi connectivity index (χ1n) is 14.6. The maximum absolute atomic E-state index is 13.5. The fourth-order valence-corrected chi connectivity index (χ4v) is 7.50. The summed E-state index contributed by atoms with van der Waals surface area (Å²) in [7, 11) is 0.996. The van der Waals surface area contributed by atoms with Crippen LogP contribution in [0.15, 0.2) is 59.8 Å². The number of halogens is 4. The Kier molecular flexibility index (Phi) is 8.14. The van der Waals surface area contributed by atoms with E-state index in [2.05, 4.69) is 14.7 Å². The molecule has 0 radical (unpaired) electrons. The molecule has 0 atom stereocenters. The summed E-state index contributed by atoms with van der Waals surface area (Å²) in [6.07, 6.45) is 1.51. The lowest BCUT2D eigenvalue weighted by atomic mass is 9.64. The van der Waals surface area contributed by atoms with Gasteiger partial charge in [0.05, 0.1) is 39.9 Å². The molecule has 1 aliphatic heterocycles. The average Bonchev–Trinajstić information content (AvgIpc) is 3.21. The number of benzene rings is 2. The molecule has 1 spiro atoms. The van der Waals surface area contributed by atoms with Crippen LogP contribution in [0.1, 0.15) is 36.8 Å². The van der Waals surface area contributed by atoms with Crippen molar-refractivity contribution < 1.29 is 31.1 Å². The molecule has 0 saturated heterocycles. The maximum Gasteiger partial charge on any atom is 0.416 e. The van der Waals surface area contributed by atoms with E-state index in [9.17, 15) is 26.4 Å². The number of fused-ring (bicyclic) bond motifs is 4. The Morgan fingerprint density at radius 1 is 1.07 bits per heavy atom. The number of ether oxygens (including phenoxy) is 1. The molecule has 0 bridgehead atoms. The molecule has 46 heavy (non-hydrogen) atoms. The number of likely N-dealkylation sites (N-methyl/N-ethyl adjacent to an activating group) is 1. The summed E-state index contributed by atoms with van der Waals surface area (Å²) < 4.78 is 75.6. The minimum absolute atomic E-state index is 0.0341. The number of hydrogen-bond acceptors (Lipinski definition) is 7. The highest BCUT2D eigenvalue weighted by atomic mass is 35.5. The van der Waals surface area contributed by atoms with E-state index in [1.165, 1.54) is 12.3 Å². The highest BCUT2D eigenvalue weighted by Gasteiger charge is 2.54. The van der Waals surface area contributed by atoms with E-state index in [1.807, 2.05) is 37.2 Å². The number of rotatable bonds is 9. The number of aromatic nitrogens is 2. The second-order valence-corrected chi connectivity index (χ2v) is 14.0. The molecule has 1 aliphatic carbocycles. The van der Waals surface area contributed by atoms with E-state index in [0.29, 0.717) is 41.7 Å². The van der Waals surface area contributed by atoms with Gasteiger partial charge in [0, 0.05) is 41.3 Å². The van der Waals surface area contributed by atoms with Crippen LogP contribution in [0, 0.1) is 0 Å². The number of nitrogens with zero attached hydrogens (tertiary/aromatic N) is 4. The third-order valence-electron chi connectivity index (χ3n) is 8.54. The molecule has 2 aromatic carbocycles. The van der Waals surface area contributed by atoms with E-state index in [0.717, 1.165) is 42.0 Å². The second kappa shape index (κ2) is 11.7. The van der Waals surface area contributed by atoms with E-state index >= 15 is 0 Å². The molecule has 2 aliphatic rings. The smallest absolute Gasteiger partial charge is 0.416 e. The van der Waals surface area contributed by atoms with Gasteiger partial charge in [-0.25, -0.2) is 13.4 Å². The number of pyridine rings is 2. The Bertz CT molecular complexity index is 1970. The third-order valence-corrected chi connectivity index (χ3v) is 10.1.